The molecule has 0 amide bonds. The zero-order valence-electron chi connectivity index (χ0n) is 9.91. The van der Waals surface area contributed by atoms with Crippen molar-refractivity contribution in [1.29, 1.82) is 0 Å². The SMILES string of the molecule is CS(=O)(=O)CCC(O)c1cc(C(F)(F)F)ccc1F. The van der Waals surface area contributed by atoms with E-state index in [-0.39, 0.29) is 6.42 Å². The number of rotatable bonds is 4. The lowest BCUT2D eigenvalue weighted by Gasteiger charge is -2.14. The van der Waals surface area contributed by atoms with Crippen LogP contribution in [0.2, 0.25) is 0 Å². The van der Waals surface area contributed by atoms with E-state index in [1.807, 2.05) is 0 Å². The van der Waals surface area contributed by atoms with Gasteiger partial charge in [0.2, 0.25) is 0 Å². The molecule has 0 saturated carbocycles. The average molecular weight is 300 g/mol. The fraction of sp³-hybridized carbons (Fsp3) is 0.455. The van der Waals surface area contributed by atoms with Crippen molar-refractivity contribution in [3.05, 3.63) is 35.1 Å². The molecule has 1 atom stereocenters. The van der Waals surface area contributed by atoms with Gasteiger partial charge in [-0.3, -0.25) is 0 Å². The first-order valence-corrected chi connectivity index (χ1v) is 7.29. The summed E-state index contributed by atoms with van der Waals surface area (Å²) in [5.74, 6) is -1.45. The fourth-order valence-electron chi connectivity index (χ4n) is 1.46. The van der Waals surface area contributed by atoms with E-state index in [1.165, 1.54) is 0 Å². The summed E-state index contributed by atoms with van der Waals surface area (Å²) in [6, 6.07) is 1.65. The van der Waals surface area contributed by atoms with E-state index in [2.05, 4.69) is 0 Å². The van der Waals surface area contributed by atoms with Crippen LogP contribution < -0.4 is 0 Å². The van der Waals surface area contributed by atoms with Crippen LogP contribution in [0.1, 0.15) is 23.7 Å². The van der Waals surface area contributed by atoms with E-state index < -0.39 is 44.8 Å². The second kappa shape index (κ2) is 5.46. The fourth-order valence-corrected chi connectivity index (χ4v) is 2.11. The van der Waals surface area contributed by atoms with Crippen LogP contribution in [0.15, 0.2) is 18.2 Å². The molecule has 8 heteroatoms. The topological polar surface area (TPSA) is 54.4 Å². The summed E-state index contributed by atoms with van der Waals surface area (Å²) in [5.41, 5.74) is -1.65. The van der Waals surface area contributed by atoms with Crippen LogP contribution in [-0.2, 0) is 16.0 Å². The molecule has 1 unspecified atom stereocenters. The number of halogens is 4. The molecule has 1 aromatic rings. The molecule has 0 aromatic heterocycles. The Morgan fingerprint density at radius 1 is 1.32 bits per heavy atom. The number of alkyl halides is 3. The Hall–Kier alpha value is -1.15. The first kappa shape index (κ1) is 15.9. The van der Waals surface area contributed by atoms with Crippen molar-refractivity contribution >= 4 is 9.84 Å². The standard InChI is InChI=1S/C11H12F4O3S/c1-19(17,18)5-4-10(16)8-6-7(11(13,14)15)2-3-9(8)12/h2-3,6,10,16H,4-5H2,1H3. The molecule has 1 N–H and O–H groups in total. The molecule has 3 nitrogen and oxygen atoms in total. The summed E-state index contributed by atoms with van der Waals surface area (Å²) >= 11 is 0. The first-order valence-electron chi connectivity index (χ1n) is 5.23. The van der Waals surface area contributed by atoms with Crippen LogP contribution >= 0.6 is 0 Å². The lowest BCUT2D eigenvalue weighted by atomic mass is 10.0. The smallest absolute Gasteiger partial charge is 0.388 e. The van der Waals surface area contributed by atoms with Crippen molar-refractivity contribution in [2.75, 3.05) is 12.0 Å². The van der Waals surface area contributed by atoms with Crippen molar-refractivity contribution in [3.63, 3.8) is 0 Å². The highest BCUT2D eigenvalue weighted by molar-refractivity contribution is 7.90. The van der Waals surface area contributed by atoms with Crippen molar-refractivity contribution in [2.45, 2.75) is 18.7 Å². The zero-order valence-corrected chi connectivity index (χ0v) is 10.7. The third-order valence-corrected chi connectivity index (χ3v) is 3.42. The highest BCUT2D eigenvalue weighted by atomic mass is 32.2. The van der Waals surface area contributed by atoms with E-state index in [9.17, 15) is 31.1 Å². The van der Waals surface area contributed by atoms with Crippen LogP contribution in [0.4, 0.5) is 17.6 Å². The first-order chi connectivity index (χ1) is 8.50. The van der Waals surface area contributed by atoms with Crippen LogP contribution in [0.25, 0.3) is 0 Å². The van der Waals surface area contributed by atoms with Gasteiger partial charge in [0.1, 0.15) is 15.7 Å². The Kier molecular flexibility index (Phi) is 4.57. The number of benzene rings is 1. The molecule has 0 heterocycles. The van der Waals surface area contributed by atoms with E-state index in [4.69, 9.17) is 0 Å². The lowest BCUT2D eigenvalue weighted by Crippen LogP contribution is -2.12. The Balaban J connectivity index is 2.99. The van der Waals surface area contributed by atoms with Gasteiger partial charge < -0.3 is 5.11 Å². The van der Waals surface area contributed by atoms with Gasteiger partial charge in [-0.1, -0.05) is 0 Å². The van der Waals surface area contributed by atoms with E-state index in [0.29, 0.717) is 18.2 Å². The van der Waals surface area contributed by atoms with Gasteiger partial charge in [-0.15, -0.1) is 0 Å². The maximum absolute atomic E-state index is 13.4. The number of aliphatic hydroxyl groups excluding tert-OH is 1. The lowest BCUT2D eigenvalue weighted by molar-refractivity contribution is -0.137. The number of aliphatic hydroxyl groups is 1. The minimum absolute atomic E-state index is 0.364. The largest absolute Gasteiger partial charge is 0.416 e. The predicted molar refractivity (Wildman–Crippen MR) is 60.7 cm³/mol. The molecule has 1 aromatic carbocycles. The summed E-state index contributed by atoms with van der Waals surface area (Å²) in [4.78, 5) is 0. The van der Waals surface area contributed by atoms with Gasteiger partial charge in [0.05, 0.1) is 17.4 Å². The van der Waals surface area contributed by atoms with Crippen LogP contribution in [-0.4, -0.2) is 25.5 Å². The molecular formula is C11H12F4O3S. The summed E-state index contributed by atoms with van der Waals surface area (Å²) in [6.07, 6.45) is -5.70. The second-order valence-electron chi connectivity index (χ2n) is 4.17. The molecule has 1 rings (SSSR count). The highest BCUT2D eigenvalue weighted by Crippen LogP contribution is 2.32. The van der Waals surface area contributed by atoms with Gasteiger partial charge in [0.25, 0.3) is 0 Å². The summed E-state index contributed by atoms with van der Waals surface area (Å²) in [5, 5.41) is 9.58. The second-order valence-corrected chi connectivity index (χ2v) is 6.43. The molecule has 0 saturated heterocycles. The molecule has 0 fully saturated rings. The Morgan fingerprint density at radius 3 is 2.37 bits per heavy atom. The molecule has 0 bridgehead atoms. The van der Waals surface area contributed by atoms with Gasteiger partial charge in [0, 0.05) is 11.8 Å². The van der Waals surface area contributed by atoms with Crippen molar-refractivity contribution in [1.82, 2.24) is 0 Å². The van der Waals surface area contributed by atoms with Gasteiger partial charge in [-0.25, -0.2) is 12.8 Å². The maximum atomic E-state index is 13.4. The van der Waals surface area contributed by atoms with Gasteiger partial charge in [-0.05, 0) is 24.6 Å². The highest BCUT2D eigenvalue weighted by Gasteiger charge is 2.31. The van der Waals surface area contributed by atoms with Crippen LogP contribution in [0, 0.1) is 5.82 Å². The van der Waals surface area contributed by atoms with E-state index in [1.54, 1.807) is 0 Å². The molecule has 0 aliphatic heterocycles. The molecule has 0 aliphatic carbocycles. The van der Waals surface area contributed by atoms with E-state index >= 15 is 0 Å². The van der Waals surface area contributed by atoms with Crippen molar-refractivity contribution in [3.8, 4) is 0 Å². The number of sulfone groups is 1. The third-order valence-electron chi connectivity index (χ3n) is 2.44. The van der Waals surface area contributed by atoms with Crippen LogP contribution in [0.5, 0.6) is 0 Å². The molecule has 0 aliphatic rings. The molecular weight excluding hydrogens is 288 g/mol. The summed E-state index contributed by atoms with van der Waals surface area (Å²) < 4.78 is 72.5. The zero-order chi connectivity index (χ0) is 14.8. The monoisotopic (exact) mass is 300 g/mol. The Bertz CT molecular complexity index is 552. The van der Waals surface area contributed by atoms with Gasteiger partial charge in [-0.2, -0.15) is 13.2 Å². The maximum Gasteiger partial charge on any atom is 0.416 e. The predicted octanol–water partition coefficient (Wildman–Crippen LogP) is 2.31. The van der Waals surface area contributed by atoms with E-state index in [0.717, 1.165) is 6.26 Å². The van der Waals surface area contributed by atoms with Crippen LogP contribution in [0.3, 0.4) is 0 Å². The average Bonchev–Trinajstić information content (AvgIpc) is 2.24. The summed E-state index contributed by atoms with van der Waals surface area (Å²) in [6.45, 7) is 0. The summed E-state index contributed by atoms with van der Waals surface area (Å²) in [7, 11) is -3.38. The van der Waals surface area contributed by atoms with Crippen molar-refractivity contribution < 1.29 is 31.1 Å². The molecule has 19 heavy (non-hydrogen) atoms. The minimum Gasteiger partial charge on any atom is -0.388 e. The third kappa shape index (κ3) is 4.79. The molecule has 0 spiro atoms. The normalized spacial score (nSPS) is 14.4. The molecule has 108 valence electrons. The number of hydrogen-bond acceptors (Lipinski definition) is 3. The Labute approximate surface area is 107 Å². The quantitative estimate of drug-likeness (QED) is 0.868. The van der Waals surface area contributed by atoms with Gasteiger partial charge in [0.15, 0.2) is 0 Å². The number of hydrogen-bond donors (Lipinski definition) is 1. The van der Waals surface area contributed by atoms with Gasteiger partial charge >= 0.3 is 6.18 Å². The van der Waals surface area contributed by atoms with Crippen molar-refractivity contribution in [2.24, 2.45) is 0 Å². The Morgan fingerprint density at radius 2 is 1.89 bits per heavy atom. The minimum atomic E-state index is -4.65. The molecule has 0 radical (unpaired) electrons.